The number of hydrogen-bond acceptors (Lipinski definition) is 5. The molecular weight excluding hydrogens is 360 g/mol. The maximum absolute atomic E-state index is 12.1. The number of H-pyrrole nitrogens is 1. The van der Waals surface area contributed by atoms with Crippen LogP contribution < -0.4 is 21.2 Å². The van der Waals surface area contributed by atoms with Gasteiger partial charge in [0.2, 0.25) is 0 Å². The molecule has 2 amide bonds. The van der Waals surface area contributed by atoms with Gasteiger partial charge in [-0.15, -0.1) is 0 Å². The van der Waals surface area contributed by atoms with Crippen LogP contribution >= 0.6 is 11.6 Å². The lowest BCUT2D eigenvalue weighted by molar-refractivity contribution is 0.122. The molecule has 0 radical (unpaired) electrons. The molecule has 2 heterocycles. The number of anilines is 2. The summed E-state index contributed by atoms with van der Waals surface area (Å²) in [4.78, 5) is 25.6. The number of rotatable bonds is 5. The molecular formula is C16H21ClN6O3. The van der Waals surface area contributed by atoms with Gasteiger partial charge in [0.1, 0.15) is 5.82 Å². The van der Waals surface area contributed by atoms with Crippen LogP contribution in [-0.4, -0.2) is 53.6 Å². The average molecular weight is 381 g/mol. The Balaban J connectivity index is 1.56. The molecule has 3 N–H and O–H groups in total. The lowest BCUT2D eigenvalue weighted by atomic mass is 10.2. The number of benzene rings is 1. The Bertz CT molecular complexity index is 828. The van der Waals surface area contributed by atoms with E-state index in [9.17, 15) is 9.59 Å². The zero-order chi connectivity index (χ0) is 18.5. The number of halogens is 1. The number of urea groups is 1. The van der Waals surface area contributed by atoms with Crippen molar-refractivity contribution in [2.45, 2.75) is 6.42 Å². The van der Waals surface area contributed by atoms with Crippen molar-refractivity contribution >= 4 is 29.0 Å². The highest BCUT2D eigenvalue weighted by Gasteiger charge is 2.14. The predicted molar refractivity (Wildman–Crippen MR) is 99.0 cm³/mol. The molecule has 0 bridgehead atoms. The van der Waals surface area contributed by atoms with Crippen molar-refractivity contribution in [3.8, 4) is 0 Å². The first kappa shape index (κ1) is 18.3. The van der Waals surface area contributed by atoms with Crippen LogP contribution in [-0.2, 0) is 18.2 Å². The van der Waals surface area contributed by atoms with Crippen LogP contribution in [0.2, 0.25) is 5.02 Å². The summed E-state index contributed by atoms with van der Waals surface area (Å²) in [5.74, 6) is 0.572. The maximum Gasteiger partial charge on any atom is 0.343 e. The average Bonchev–Trinajstić information content (AvgIpc) is 2.96. The van der Waals surface area contributed by atoms with Crippen LogP contribution in [0.15, 0.2) is 23.0 Å². The number of carbonyl (C=O) groups excluding carboxylic acids is 1. The lowest BCUT2D eigenvalue weighted by Gasteiger charge is -2.29. The molecule has 0 atom stereocenters. The first-order chi connectivity index (χ1) is 12.5. The quantitative estimate of drug-likeness (QED) is 0.716. The number of nitrogens with one attached hydrogen (secondary N) is 3. The smallest absolute Gasteiger partial charge is 0.343 e. The summed E-state index contributed by atoms with van der Waals surface area (Å²) in [5.41, 5.74) is 1.25. The van der Waals surface area contributed by atoms with Crippen LogP contribution in [0.5, 0.6) is 0 Å². The van der Waals surface area contributed by atoms with E-state index in [1.165, 1.54) is 4.57 Å². The molecule has 1 fully saturated rings. The molecule has 3 rings (SSSR count). The van der Waals surface area contributed by atoms with Crippen molar-refractivity contribution < 1.29 is 9.53 Å². The summed E-state index contributed by atoms with van der Waals surface area (Å²) in [6.45, 7) is 3.30. The van der Waals surface area contributed by atoms with Gasteiger partial charge >= 0.3 is 11.7 Å². The minimum atomic E-state index is -0.369. The Kier molecular flexibility index (Phi) is 5.79. The van der Waals surface area contributed by atoms with Crippen molar-refractivity contribution in [3.63, 3.8) is 0 Å². The molecule has 1 aliphatic rings. The van der Waals surface area contributed by atoms with Gasteiger partial charge in [-0.3, -0.25) is 4.57 Å². The standard InChI is InChI=1S/C16H21ClN6O3/c1-22-14(20-21-16(22)25)4-5-18-15(24)19-13-10-11(2-3-12(13)17)23-6-8-26-9-7-23/h2-3,10H,4-9H2,1H3,(H,21,25)(H2,18,19,24). The minimum Gasteiger partial charge on any atom is -0.378 e. The number of nitrogens with zero attached hydrogens (tertiary/aromatic N) is 3. The van der Waals surface area contributed by atoms with Crippen molar-refractivity contribution in [1.29, 1.82) is 0 Å². The number of ether oxygens (including phenoxy) is 1. The Morgan fingerprint density at radius 1 is 1.38 bits per heavy atom. The van der Waals surface area contributed by atoms with E-state index in [4.69, 9.17) is 16.3 Å². The van der Waals surface area contributed by atoms with E-state index in [0.717, 1.165) is 18.8 Å². The molecule has 0 spiro atoms. The summed E-state index contributed by atoms with van der Waals surface area (Å²) in [6.07, 6.45) is 0.435. The predicted octanol–water partition coefficient (Wildman–Crippen LogP) is 0.963. The molecule has 140 valence electrons. The Labute approximate surface area is 155 Å². The van der Waals surface area contributed by atoms with E-state index in [1.807, 2.05) is 12.1 Å². The molecule has 0 aliphatic carbocycles. The van der Waals surface area contributed by atoms with Gasteiger partial charge < -0.3 is 20.3 Å². The van der Waals surface area contributed by atoms with Gasteiger partial charge in [-0.2, -0.15) is 5.10 Å². The number of aromatic nitrogens is 3. The van der Waals surface area contributed by atoms with Crippen molar-refractivity contribution in [3.05, 3.63) is 39.5 Å². The van der Waals surface area contributed by atoms with Crippen LogP contribution in [0.1, 0.15) is 5.82 Å². The van der Waals surface area contributed by atoms with Gasteiger partial charge in [-0.25, -0.2) is 14.7 Å². The topological polar surface area (TPSA) is 104 Å². The van der Waals surface area contributed by atoms with Crippen molar-refractivity contribution in [2.24, 2.45) is 7.05 Å². The van der Waals surface area contributed by atoms with Gasteiger partial charge in [0.15, 0.2) is 0 Å². The van der Waals surface area contributed by atoms with Gasteiger partial charge in [-0.1, -0.05) is 11.6 Å². The lowest BCUT2D eigenvalue weighted by Crippen LogP contribution is -2.36. The van der Waals surface area contributed by atoms with Crippen LogP contribution in [0.25, 0.3) is 0 Å². The fraction of sp³-hybridized carbons (Fsp3) is 0.438. The van der Waals surface area contributed by atoms with E-state index in [1.54, 1.807) is 13.1 Å². The largest absolute Gasteiger partial charge is 0.378 e. The van der Waals surface area contributed by atoms with Gasteiger partial charge in [0.25, 0.3) is 0 Å². The molecule has 1 aliphatic heterocycles. The number of hydrogen-bond donors (Lipinski definition) is 3. The van der Waals surface area contributed by atoms with Crippen LogP contribution in [0, 0.1) is 0 Å². The highest BCUT2D eigenvalue weighted by molar-refractivity contribution is 6.33. The third-order valence-electron chi connectivity index (χ3n) is 4.18. The molecule has 9 nitrogen and oxygen atoms in total. The summed E-state index contributed by atoms with van der Waals surface area (Å²) in [5, 5.41) is 12.2. The highest BCUT2D eigenvalue weighted by Crippen LogP contribution is 2.28. The molecule has 1 aromatic carbocycles. The van der Waals surface area contributed by atoms with E-state index in [0.29, 0.717) is 42.7 Å². The second-order valence-corrected chi connectivity index (χ2v) is 6.31. The zero-order valence-corrected chi connectivity index (χ0v) is 15.2. The van der Waals surface area contributed by atoms with Gasteiger partial charge in [0, 0.05) is 38.8 Å². The first-order valence-corrected chi connectivity index (χ1v) is 8.70. The number of carbonyl (C=O) groups is 1. The van der Waals surface area contributed by atoms with Gasteiger partial charge in [0.05, 0.1) is 23.9 Å². The molecule has 26 heavy (non-hydrogen) atoms. The Hall–Kier alpha value is -2.52. The normalized spacial score (nSPS) is 14.3. The second-order valence-electron chi connectivity index (χ2n) is 5.90. The van der Waals surface area contributed by atoms with Crippen molar-refractivity contribution in [2.75, 3.05) is 43.1 Å². The molecule has 1 saturated heterocycles. The number of amides is 2. The summed E-state index contributed by atoms with van der Waals surface area (Å²) in [7, 11) is 1.62. The fourth-order valence-corrected chi connectivity index (χ4v) is 2.85. The molecule has 2 aromatic rings. The Morgan fingerprint density at radius 2 is 2.15 bits per heavy atom. The maximum atomic E-state index is 12.1. The van der Waals surface area contributed by atoms with E-state index < -0.39 is 0 Å². The van der Waals surface area contributed by atoms with Crippen LogP contribution in [0.4, 0.5) is 16.2 Å². The fourth-order valence-electron chi connectivity index (χ4n) is 2.68. The minimum absolute atomic E-state index is 0.281. The van der Waals surface area contributed by atoms with Crippen molar-refractivity contribution in [1.82, 2.24) is 20.1 Å². The van der Waals surface area contributed by atoms with Crippen LogP contribution in [0.3, 0.4) is 0 Å². The molecule has 10 heteroatoms. The van der Waals surface area contributed by atoms with E-state index in [-0.39, 0.29) is 11.7 Å². The van der Waals surface area contributed by atoms with Gasteiger partial charge in [-0.05, 0) is 18.2 Å². The monoisotopic (exact) mass is 380 g/mol. The summed E-state index contributed by atoms with van der Waals surface area (Å²) < 4.78 is 6.76. The first-order valence-electron chi connectivity index (χ1n) is 8.32. The third kappa shape index (κ3) is 4.36. The van der Waals surface area contributed by atoms with E-state index in [2.05, 4.69) is 25.7 Å². The third-order valence-corrected chi connectivity index (χ3v) is 4.51. The summed E-state index contributed by atoms with van der Waals surface area (Å²) in [6, 6.07) is 5.17. The SMILES string of the molecule is Cn1c(CCNC(=O)Nc2cc(N3CCOCC3)ccc2Cl)n[nH]c1=O. The molecule has 1 aromatic heterocycles. The molecule has 0 unspecified atom stereocenters. The zero-order valence-electron chi connectivity index (χ0n) is 14.4. The van der Waals surface area contributed by atoms with E-state index >= 15 is 0 Å². The highest BCUT2D eigenvalue weighted by atomic mass is 35.5. The molecule has 0 saturated carbocycles. The second kappa shape index (κ2) is 8.24. The number of morpholine rings is 1. The number of aromatic amines is 1. The summed E-state index contributed by atoms with van der Waals surface area (Å²) >= 11 is 6.19. The Morgan fingerprint density at radius 3 is 2.85 bits per heavy atom.